The molecule has 0 spiro atoms. The molecule has 2 saturated heterocycles. The third-order valence-electron chi connectivity index (χ3n) is 5.96. The lowest BCUT2D eigenvalue weighted by molar-refractivity contribution is 0.104. The molecule has 0 aliphatic carbocycles. The molecule has 1 aromatic heterocycles. The van der Waals surface area contributed by atoms with E-state index in [2.05, 4.69) is 25.9 Å². The molecular formula is C25H27N5O3. The number of hydrogen-bond acceptors (Lipinski definition) is 7. The van der Waals surface area contributed by atoms with E-state index in [-0.39, 0.29) is 5.78 Å². The normalized spacial score (nSPS) is 17.3. The Balaban J connectivity index is 1.56. The summed E-state index contributed by atoms with van der Waals surface area (Å²) in [5.74, 6) is -0.0978. The van der Waals surface area contributed by atoms with Crippen molar-refractivity contribution < 1.29 is 14.3 Å². The first-order valence-electron chi connectivity index (χ1n) is 11.3. The van der Waals surface area contributed by atoms with E-state index in [9.17, 15) is 4.79 Å². The van der Waals surface area contributed by atoms with E-state index in [1.165, 1.54) is 11.0 Å². The molecule has 2 aromatic carbocycles. The molecule has 2 aliphatic rings. The Morgan fingerprint density at radius 3 is 2.24 bits per heavy atom. The summed E-state index contributed by atoms with van der Waals surface area (Å²) in [6.45, 7) is 5.88. The molecule has 0 bridgehead atoms. The van der Waals surface area contributed by atoms with E-state index >= 15 is 0 Å². The predicted octanol–water partition coefficient (Wildman–Crippen LogP) is 2.83. The average Bonchev–Trinajstić information content (AvgIpc) is 3.43. The van der Waals surface area contributed by atoms with Crippen molar-refractivity contribution in [1.29, 1.82) is 0 Å². The van der Waals surface area contributed by atoms with Crippen LogP contribution in [-0.2, 0) is 9.47 Å². The van der Waals surface area contributed by atoms with Crippen molar-refractivity contribution in [2.24, 2.45) is 0 Å². The van der Waals surface area contributed by atoms with Crippen LogP contribution < -0.4 is 9.80 Å². The standard InChI is InChI=1S/C25H27N5O3/c31-25(24(30-19-26-18-27-30)16-20-4-2-1-3-5-20)22-7-6-21(28-8-12-32-13-9-28)17-23(22)29-10-14-33-15-11-29/h1-7,16-19H,8-15H2/b24-16-. The van der Waals surface area contributed by atoms with Crippen molar-refractivity contribution in [2.45, 2.75) is 0 Å². The maximum absolute atomic E-state index is 14.0. The molecule has 0 unspecified atom stereocenters. The summed E-state index contributed by atoms with van der Waals surface area (Å²) in [6, 6.07) is 15.9. The lowest BCUT2D eigenvalue weighted by Crippen LogP contribution is -2.38. The van der Waals surface area contributed by atoms with E-state index in [1.54, 1.807) is 6.33 Å². The molecule has 3 heterocycles. The Morgan fingerprint density at radius 2 is 1.58 bits per heavy atom. The smallest absolute Gasteiger partial charge is 0.213 e. The van der Waals surface area contributed by atoms with Crippen molar-refractivity contribution in [1.82, 2.24) is 14.8 Å². The Labute approximate surface area is 193 Å². The fourth-order valence-electron chi connectivity index (χ4n) is 4.21. The van der Waals surface area contributed by atoms with Crippen molar-refractivity contribution in [3.63, 3.8) is 0 Å². The summed E-state index contributed by atoms with van der Waals surface area (Å²) >= 11 is 0. The van der Waals surface area contributed by atoms with Gasteiger partial charge in [0.15, 0.2) is 0 Å². The Morgan fingerprint density at radius 1 is 0.879 bits per heavy atom. The van der Waals surface area contributed by atoms with E-state index < -0.39 is 0 Å². The van der Waals surface area contributed by atoms with Gasteiger partial charge < -0.3 is 19.3 Å². The Bertz CT molecular complexity index is 1100. The van der Waals surface area contributed by atoms with Crippen LogP contribution in [0.1, 0.15) is 15.9 Å². The topological polar surface area (TPSA) is 72.7 Å². The van der Waals surface area contributed by atoms with Gasteiger partial charge in [-0.2, -0.15) is 5.10 Å². The van der Waals surface area contributed by atoms with Gasteiger partial charge in [0.2, 0.25) is 5.78 Å². The molecule has 0 N–H and O–H groups in total. The molecule has 0 saturated carbocycles. The number of allylic oxidation sites excluding steroid dienone is 1. The number of aromatic nitrogens is 3. The van der Waals surface area contributed by atoms with Crippen LogP contribution in [0.15, 0.2) is 61.2 Å². The number of ether oxygens (including phenoxy) is 2. The van der Waals surface area contributed by atoms with Gasteiger partial charge in [-0.25, -0.2) is 9.67 Å². The number of nitrogens with zero attached hydrogens (tertiary/aromatic N) is 5. The van der Waals surface area contributed by atoms with E-state index in [0.29, 0.717) is 37.7 Å². The molecule has 3 aromatic rings. The van der Waals surface area contributed by atoms with Crippen LogP contribution >= 0.6 is 0 Å². The minimum absolute atomic E-state index is 0.0978. The molecule has 8 nitrogen and oxygen atoms in total. The second-order valence-corrected chi connectivity index (χ2v) is 8.01. The van der Waals surface area contributed by atoms with Crippen molar-refractivity contribution >= 4 is 28.9 Å². The molecule has 5 rings (SSSR count). The largest absolute Gasteiger partial charge is 0.378 e. The van der Waals surface area contributed by atoms with Crippen LogP contribution in [-0.4, -0.2) is 73.2 Å². The third-order valence-corrected chi connectivity index (χ3v) is 5.96. The highest BCUT2D eigenvalue weighted by Crippen LogP contribution is 2.31. The highest BCUT2D eigenvalue weighted by Gasteiger charge is 2.24. The minimum atomic E-state index is -0.0978. The number of rotatable bonds is 6. The van der Waals surface area contributed by atoms with E-state index in [0.717, 1.165) is 43.1 Å². The number of carbonyl (C=O) groups excluding carboxylic acids is 1. The SMILES string of the molecule is O=C(/C(=C/c1ccccc1)n1cncn1)c1ccc(N2CCOCC2)cc1N1CCOCC1. The molecule has 0 amide bonds. The van der Waals surface area contributed by atoms with Crippen LogP contribution in [0.2, 0.25) is 0 Å². The second-order valence-electron chi connectivity index (χ2n) is 8.01. The first-order valence-corrected chi connectivity index (χ1v) is 11.3. The molecule has 0 atom stereocenters. The molecular weight excluding hydrogens is 418 g/mol. The summed E-state index contributed by atoms with van der Waals surface area (Å²) in [4.78, 5) is 22.6. The minimum Gasteiger partial charge on any atom is -0.378 e. The lowest BCUT2D eigenvalue weighted by atomic mass is 10.0. The number of anilines is 2. The van der Waals surface area contributed by atoms with Gasteiger partial charge in [-0.3, -0.25) is 4.79 Å². The summed E-state index contributed by atoms with van der Waals surface area (Å²) in [6.07, 6.45) is 4.86. The van der Waals surface area contributed by atoms with Gasteiger partial charge in [-0.15, -0.1) is 0 Å². The molecule has 33 heavy (non-hydrogen) atoms. The predicted molar refractivity (Wildman–Crippen MR) is 127 cm³/mol. The molecule has 2 fully saturated rings. The number of ketones is 1. The quantitative estimate of drug-likeness (QED) is 0.427. The van der Waals surface area contributed by atoms with Crippen LogP contribution in [0.25, 0.3) is 11.8 Å². The summed E-state index contributed by atoms with van der Waals surface area (Å²) in [5.41, 5.74) is 4.05. The monoisotopic (exact) mass is 445 g/mol. The number of benzene rings is 2. The zero-order valence-corrected chi connectivity index (χ0v) is 18.5. The van der Waals surface area contributed by atoms with Crippen molar-refractivity contribution in [3.05, 3.63) is 72.3 Å². The highest BCUT2D eigenvalue weighted by molar-refractivity contribution is 6.29. The Kier molecular flexibility index (Phi) is 6.46. The highest BCUT2D eigenvalue weighted by atomic mass is 16.5. The summed E-state index contributed by atoms with van der Waals surface area (Å²) in [7, 11) is 0. The maximum atomic E-state index is 14.0. The molecule has 8 heteroatoms. The van der Waals surface area contributed by atoms with Crippen molar-refractivity contribution in [2.75, 3.05) is 62.4 Å². The lowest BCUT2D eigenvalue weighted by Gasteiger charge is -2.33. The van der Waals surface area contributed by atoms with Gasteiger partial charge >= 0.3 is 0 Å². The number of morpholine rings is 2. The number of hydrogen-bond donors (Lipinski definition) is 0. The number of Topliss-reactive ketones (excluding diaryl/α,β-unsaturated/α-hetero) is 1. The van der Waals surface area contributed by atoms with Crippen LogP contribution in [0.5, 0.6) is 0 Å². The van der Waals surface area contributed by atoms with Crippen LogP contribution in [0.3, 0.4) is 0 Å². The van der Waals surface area contributed by atoms with Gasteiger partial charge in [0.05, 0.1) is 32.1 Å². The fraction of sp³-hybridized carbons (Fsp3) is 0.320. The fourth-order valence-corrected chi connectivity index (χ4v) is 4.21. The molecule has 170 valence electrons. The van der Waals surface area contributed by atoms with Gasteiger partial charge in [0.1, 0.15) is 18.4 Å². The molecule has 0 radical (unpaired) electrons. The number of carbonyl (C=O) groups is 1. The van der Waals surface area contributed by atoms with Gasteiger partial charge in [-0.05, 0) is 29.8 Å². The summed E-state index contributed by atoms with van der Waals surface area (Å²) < 4.78 is 12.6. The maximum Gasteiger partial charge on any atom is 0.213 e. The summed E-state index contributed by atoms with van der Waals surface area (Å²) in [5, 5.41) is 4.25. The van der Waals surface area contributed by atoms with E-state index in [1.807, 2.05) is 48.5 Å². The first kappa shape index (κ1) is 21.4. The zero-order chi connectivity index (χ0) is 22.5. The van der Waals surface area contributed by atoms with Crippen molar-refractivity contribution in [3.8, 4) is 0 Å². The average molecular weight is 446 g/mol. The van der Waals surface area contributed by atoms with E-state index in [4.69, 9.17) is 9.47 Å². The Hall–Kier alpha value is -3.49. The zero-order valence-electron chi connectivity index (χ0n) is 18.5. The van der Waals surface area contributed by atoms with Gasteiger partial charge in [-0.1, -0.05) is 30.3 Å². The van der Waals surface area contributed by atoms with Crippen LogP contribution in [0.4, 0.5) is 11.4 Å². The van der Waals surface area contributed by atoms with Gasteiger partial charge in [0.25, 0.3) is 0 Å². The van der Waals surface area contributed by atoms with Crippen LogP contribution in [0, 0.1) is 0 Å². The third kappa shape index (κ3) is 4.81. The second kappa shape index (κ2) is 9.97. The van der Waals surface area contributed by atoms with Gasteiger partial charge in [0, 0.05) is 37.4 Å². The molecule has 2 aliphatic heterocycles. The first-order chi connectivity index (χ1) is 16.3.